The van der Waals surface area contributed by atoms with Crippen LogP contribution >= 0.6 is 0 Å². The van der Waals surface area contributed by atoms with Gasteiger partial charge >= 0.3 is 5.97 Å². The lowest BCUT2D eigenvalue weighted by Gasteiger charge is -2.06. The Labute approximate surface area is 138 Å². The van der Waals surface area contributed by atoms with Crippen molar-refractivity contribution < 1.29 is 14.6 Å². The Bertz CT molecular complexity index is 887. The first kappa shape index (κ1) is 15.7. The number of benzene rings is 1. The zero-order valence-electron chi connectivity index (χ0n) is 13.1. The van der Waals surface area contributed by atoms with Gasteiger partial charge in [0.2, 0.25) is 5.88 Å². The number of azo groups is 1. The van der Waals surface area contributed by atoms with Crippen molar-refractivity contribution in [1.82, 2.24) is 9.55 Å². The molecule has 3 rings (SSSR count). The summed E-state index contributed by atoms with van der Waals surface area (Å²) in [5, 5.41) is 19.3. The number of rotatable bonds is 5. The maximum absolute atomic E-state index is 11.8. The number of pyridine rings is 1. The zero-order valence-corrected chi connectivity index (χ0v) is 13.1. The third-order valence-electron chi connectivity index (χ3n) is 3.41. The third-order valence-corrected chi connectivity index (χ3v) is 3.41. The van der Waals surface area contributed by atoms with Crippen molar-refractivity contribution in [2.45, 2.75) is 13.5 Å². The number of hydrogen-bond acceptors (Lipinski definition) is 6. The number of ether oxygens (including phenoxy) is 1. The SMILES string of the molecule is CCOC(=O)Cn1c(O)c(N=Nc2ccccn2)c2ccccc21. The second-order valence-corrected chi connectivity index (χ2v) is 4.97. The maximum Gasteiger partial charge on any atom is 0.326 e. The molecule has 0 aliphatic carbocycles. The minimum atomic E-state index is -0.429. The van der Waals surface area contributed by atoms with E-state index in [1.54, 1.807) is 37.4 Å². The van der Waals surface area contributed by atoms with Gasteiger partial charge in [0.15, 0.2) is 11.5 Å². The van der Waals surface area contributed by atoms with Crippen LogP contribution in [0.5, 0.6) is 5.88 Å². The number of esters is 1. The van der Waals surface area contributed by atoms with E-state index in [0.29, 0.717) is 22.4 Å². The van der Waals surface area contributed by atoms with Crippen molar-refractivity contribution in [1.29, 1.82) is 0 Å². The van der Waals surface area contributed by atoms with Crippen LogP contribution in [-0.4, -0.2) is 27.2 Å². The molecule has 1 N–H and O–H groups in total. The highest BCUT2D eigenvalue weighted by Gasteiger charge is 2.18. The van der Waals surface area contributed by atoms with Crippen LogP contribution in [-0.2, 0) is 16.1 Å². The molecule has 7 heteroatoms. The fourth-order valence-electron chi connectivity index (χ4n) is 2.38. The molecule has 0 atom stereocenters. The molecular formula is C17H16N4O3. The van der Waals surface area contributed by atoms with Crippen molar-refractivity contribution >= 4 is 28.4 Å². The van der Waals surface area contributed by atoms with E-state index in [4.69, 9.17) is 4.74 Å². The summed E-state index contributed by atoms with van der Waals surface area (Å²) in [6, 6.07) is 12.5. The van der Waals surface area contributed by atoms with Gasteiger partial charge in [0, 0.05) is 11.6 Å². The van der Waals surface area contributed by atoms with Gasteiger partial charge in [-0.15, -0.1) is 10.2 Å². The zero-order chi connectivity index (χ0) is 16.9. The lowest BCUT2D eigenvalue weighted by molar-refractivity contribution is -0.143. The molecule has 0 spiro atoms. The fourth-order valence-corrected chi connectivity index (χ4v) is 2.38. The Hall–Kier alpha value is -3.22. The van der Waals surface area contributed by atoms with Gasteiger partial charge in [0.25, 0.3) is 0 Å². The van der Waals surface area contributed by atoms with E-state index >= 15 is 0 Å². The number of carbonyl (C=O) groups excluding carboxylic acids is 1. The maximum atomic E-state index is 11.8. The van der Waals surface area contributed by atoms with Crippen LogP contribution < -0.4 is 0 Å². The molecule has 0 aliphatic rings. The van der Waals surface area contributed by atoms with Crippen molar-refractivity contribution in [2.24, 2.45) is 10.2 Å². The molecule has 0 unspecified atom stereocenters. The highest BCUT2D eigenvalue weighted by molar-refractivity contribution is 5.95. The highest BCUT2D eigenvalue weighted by atomic mass is 16.5. The predicted molar refractivity (Wildman–Crippen MR) is 88.6 cm³/mol. The summed E-state index contributed by atoms with van der Waals surface area (Å²) in [6.45, 7) is 1.92. The van der Waals surface area contributed by atoms with Gasteiger partial charge in [-0.3, -0.25) is 9.36 Å². The third kappa shape index (κ3) is 3.10. The molecule has 0 aliphatic heterocycles. The minimum Gasteiger partial charge on any atom is -0.493 e. The van der Waals surface area contributed by atoms with Gasteiger partial charge in [-0.25, -0.2) is 4.98 Å². The van der Waals surface area contributed by atoms with Crippen LogP contribution in [0.2, 0.25) is 0 Å². The van der Waals surface area contributed by atoms with Crippen molar-refractivity contribution in [2.75, 3.05) is 6.61 Å². The second kappa shape index (κ2) is 6.91. The summed E-state index contributed by atoms with van der Waals surface area (Å²) in [5.74, 6) is -0.134. The first-order chi connectivity index (χ1) is 11.7. The quantitative estimate of drug-likeness (QED) is 0.572. The molecule has 0 radical (unpaired) electrons. The standard InChI is InChI=1S/C17H16N4O3/c1-2-24-15(22)11-21-13-8-4-3-7-12(13)16(17(21)23)20-19-14-9-5-6-10-18-14/h3-10,23H,2,11H2,1H3. The van der Waals surface area contributed by atoms with Crippen molar-refractivity contribution in [3.8, 4) is 5.88 Å². The normalized spacial score (nSPS) is 11.2. The predicted octanol–water partition coefficient (Wildman–Crippen LogP) is 3.72. The largest absolute Gasteiger partial charge is 0.493 e. The van der Waals surface area contributed by atoms with E-state index in [1.807, 2.05) is 18.2 Å². The van der Waals surface area contributed by atoms with Gasteiger partial charge in [-0.05, 0) is 25.1 Å². The van der Waals surface area contributed by atoms with E-state index in [1.165, 1.54) is 4.57 Å². The van der Waals surface area contributed by atoms with Crippen LogP contribution in [0.1, 0.15) is 6.92 Å². The average Bonchev–Trinajstić information content (AvgIpc) is 2.86. The van der Waals surface area contributed by atoms with E-state index < -0.39 is 5.97 Å². The number of para-hydroxylation sites is 1. The van der Waals surface area contributed by atoms with Gasteiger partial charge in [-0.1, -0.05) is 24.3 Å². The topological polar surface area (TPSA) is 89.1 Å². The molecule has 122 valence electrons. The lowest BCUT2D eigenvalue weighted by Crippen LogP contribution is -2.12. The van der Waals surface area contributed by atoms with Gasteiger partial charge in [0.1, 0.15) is 6.54 Å². The number of hydrogen-bond donors (Lipinski definition) is 1. The Morgan fingerprint density at radius 2 is 2.00 bits per heavy atom. The Kier molecular flexibility index (Phi) is 4.51. The number of fused-ring (bicyclic) bond motifs is 1. The smallest absolute Gasteiger partial charge is 0.326 e. The van der Waals surface area contributed by atoms with Gasteiger partial charge in [0.05, 0.1) is 12.1 Å². The fraction of sp³-hybridized carbons (Fsp3) is 0.176. The van der Waals surface area contributed by atoms with Crippen molar-refractivity contribution in [3.63, 3.8) is 0 Å². The summed E-state index contributed by atoms with van der Waals surface area (Å²) >= 11 is 0. The summed E-state index contributed by atoms with van der Waals surface area (Å²) in [4.78, 5) is 15.8. The number of aromatic nitrogens is 2. The summed E-state index contributed by atoms with van der Waals surface area (Å²) in [7, 11) is 0. The average molecular weight is 324 g/mol. The summed E-state index contributed by atoms with van der Waals surface area (Å²) in [5.41, 5.74) is 0.971. The Morgan fingerprint density at radius 1 is 1.21 bits per heavy atom. The number of nitrogens with zero attached hydrogens (tertiary/aromatic N) is 4. The number of carbonyl (C=O) groups is 1. The summed E-state index contributed by atoms with van der Waals surface area (Å²) in [6.07, 6.45) is 1.61. The van der Waals surface area contributed by atoms with Crippen LogP contribution in [0, 0.1) is 0 Å². The lowest BCUT2D eigenvalue weighted by atomic mass is 10.2. The monoisotopic (exact) mass is 324 g/mol. The number of aromatic hydroxyl groups is 1. The molecule has 0 saturated carbocycles. The van der Waals surface area contributed by atoms with E-state index in [0.717, 1.165) is 0 Å². The molecule has 24 heavy (non-hydrogen) atoms. The second-order valence-electron chi connectivity index (χ2n) is 4.97. The van der Waals surface area contributed by atoms with Gasteiger partial charge in [-0.2, -0.15) is 0 Å². The molecule has 3 aromatic rings. The molecule has 0 amide bonds. The first-order valence-corrected chi connectivity index (χ1v) is 7.49. The highest BCUT2D eigenvalue weighted by Crippen LogP contribution is 2.39. The molecular weight excluding hydrogens is 308 g/mol. The van der Waals surface area contributed by atoms with E-state index in [-0.39, 0.29) is 19.0 Å². The van der Waals surface area contributed by atoms with Crippen LogP contribution in [0.25, 0.3) is 10.9 Å². The molecule has 2 heterocycles. The first-order valence-electron chi connectivity index (χ1n) is 7.49. The molecule has 2 aromatic heterocycles. The van der Waals surface area contributed by atoms with E-state index in [9.17, 15) is 9.90 Å². The van der Waals surface area contributed by atoms with Crippen molar-refractivity contribution in [3.05, 3.63) is 48.7 Å². The Morgan fingerprint density at radius 3 is 2.75 bits per heavy atom. The van der Waals surface area contributed by atoms with Crippen LogP contribution in [0.3, 0.4) is 0 Å². The minimum absolute atomic E-state index is 0.0979. The van der Waals surface area contributed by atoms with Crippen LogP contribution in [0.4, 0.5) is 11.5 Å². The Balaban J connectivity index is 2.03. The van der Waals surface area contributed by atoms with Crippen LogP contribution in [0.15, 0.2) is 58.9 Å². The molecule has 0 bridgehead atoms. The van der Waals surface area contributed by atoms with Gasteiger partial charge < -0.3 is 9.84 Å². The van der Waals surface area contributed by atoms with E-state index in [2.05, 4.69) is 15.2 Å². The molecule has 7 nitrogen and oxygen atoms in total. The summed E-state index contributed by atoms with van der Waals surface area (Å²) < 4.78 is 6.41. The molecule has 0 fully saturated rings. The molecule has 0 saturated heterocycles. The molecule has 1 aromatic carbocycles.